The summed E-state index contributed by atoms with van der Waals surface area (Å²) in [6.07, 6.45) is 0. The summed E-state index contributed by atoms with van der Waals surface area (Å²) in [6, 6.07) is 3.95. The molecule has 0 radical (unpaired) electrons. The van der Waals surface area contributed by atoms with Crippen LogP contribution in [-0.2, 0) is 13.1 Å². The lowest BCUT2D eigenvalue weighted by Crippen LogP contribution is -2.17. The van der Waals surface area contributed by atoms with Crippen molar-refractivity contribution in [3.8, 4) is 10.8 Å². The minimum atomic E-state index is 0.595. The number of aryl methyl sites for hydroxylation is 1. The number of hydrogen-bond acceptors (Lipinski definition) is 7. The Labute approximate surface area is 124 Å². The molecule has 0 aromatic carbocycles. The van der Waals surface area contributed by atoms with E-state index in [1.807, 2.05) is 37.0 Å². The molecule has 3 aromatic rings. The number of aromatic nitrogens is 3. The summed E-state index contributed by atoms with van der Waals surface area (Å²) < 4.78 is 5.68. The normalized spacial score (nSPS) is 11.3. The second-order valence-corrected chi connectivity index (χ2v) is 6.40. The Kier molecular flexibility index (Phi) is 3.90. The van der Waals surface area contributed by atoms with Crippen LogP contribution in [0.1, 0.15) is 16.5 Å². The summed E-state index contributed by atoms with van der Waals surface area (Å²) in [7, 11) is 2.04. The van der Waals surface area contributed by atoms with E-state index in [1.165, 1.54) is 4.88 Å². The molecule has 0 aliphatic heterocycles. The molecule has 0 aliphatic rings. The molecule has 0 spiro atoms. The van der Waals surface area contributed by atoms with Crippen LogP contribution in [0.2, 0.25) is 0 Å². The summed E-state index contributed by atoms with van der Waals surface area (Å²) in [6.45, 7) is 3.50. The van der Waals surface area contributed by atoms with Crippen LogP contribution in [0, 0.1) is 6.92 Å². The first-order valence-corrected chi connectivity index (χ1v) is 7.92. The van der Waals surface area contributed by atoms with E-state index in [9.17, 15) is 0 Å². The quantitative estimate of drug-likeness (QED) is 0.724. The lowest BCUT2D eigenvalue weighted by Gasteiger charge is -2.12. The monoisotopic (exact) mass is 306 g/mol. The van der Waals surface area contributed by atoms with Gasteiger partial charge in [0.2, 0.25) is 5.89 Å². The number of thiophene rings is 1. The minimum absolute atomic E-state index is 0.595. The molecule has 0 aliphatic carbocycles. The molecule has 0 bridgehead atoms. The topological polar surface area (TPSA) is 55.1 Å². The van der Waals surface area contributed by atoms with E-state index in [4.69, 9.17) is 4.42 Å². The zero-order chi connectivity index (χ0) is 13.9. The van der Waals surface area contributed by atoms with Crippen molar-refractivity contribution in [3.05, 3.63) is 39.5 Å². The third-order valence-electron chi connectivity index (χ3n) is 2.86. The fourth-order valence-corrected chi connectivity index (χ4v) is 3.33. The predicted octanol–water partition coefficient (Wildman–Crippen LogP) is 3.20. The molecule has 3 aromatic heterocycles. The molecule has 0 unspecified atom stereocenters. The Hall–Kier alpha value is -1.57. The molecule has 7 heteroatoms. The van der Waals surface area contributed by atoms with Gasteiger partial charge in [-0.15, -0.1) is 32.9 Å². The largest absolute Gasteiger partial charge is 0.419 e. The van der Waals surface area contributed by atoms with Crippen molar-refractivity contribution in [2.24, 2.45) is 0 Å². The van der Waals surface area contributed by atoms with Gasteiger partial charge in [-0.2, -0.15) is 0 Å². The van der Waals surface area contributed by atoms with Gasteiger partial charge in [-0.3, -0.25) is 4.90 Å². The van der Waals surface area contributed by atoms with Crippen molar-refractivity contribution < 1.29 is 4.42 Å². The van der Waals surface area contributed by atoms with Gasteiger partial charge in [0.25, 0.3) is 5.89 Å². The second-order valence-electron chi connectivity index (χ2n) is 4.51. The zero-order valence-corrected chi connectivity index (χ0v) is 12.9. The highest BCUT2D eigenvalue weighted by molar-refractivity contribution is 7.13. The van der Waals surface area contributed by atoms with Crippen LogP contribution in [0.15, 0.2) is 27.4 Å². The number of nitrogens with zero attached hydrogens (tertiary/aromatic N) is 4. The van der Waals surface area contributed by atoms with Gasteiger partial charge in [-0.1, -0.05) is 6.07 Å². The van der Waals surface area contributed by atoms with E-state index in [2.05, 4.69) is 20.1 Å². The molecule has 0 saturated heterocycles. The van der Waals surface area contributed by atoms with Gasteiger partial charge in [0.1, 0.15) is 0 Å². The zero-order valence-electron chi connectivity index (χ0n) is 11.2. The average Bonchev–Trinajstić information content (AvgIpc) is 3.12. The fraction of sp³-hybridized carbons (Fsp3) is 0.308. The first kappa shape index (κ1) is 13.4. The highest BCUT2D eigenvalue weighted by Gasteiger charge is 2.12. The molecule has 5 nitrogen and oxygen atoms in total. The molecule has 0 saturated carbocycles. The van der Waals surface area contributed by atoms with E-state index in [0.29, 0.717) is 18.3 Å². The molecular weight excluding hydrogens is 292 g/mol. The molecule has 104 valence electrons. The first-order valence-electron chi connectivity index (χ1n) is 6.16. The molecule has 0 atom stereocenters. The smallest absolute Gasteiger partial charge is 0.257 e. The van der Waals surface area contributed by atoms with Crippen LogP contribution in [0.5, 0.6) is 0 Å². The number of hydrogen-bond donors (Lipinski definition) is 0. The van der Waals surface area contributed by atoms with Crippen LogP contribution in [-0.4, -0.2) is 27.1 Å². The van der Waals surface area contributed by atoms with Gasteiger partial charge in [-0.25, -0.2) is 4.98 Å². The maximum Gasteiger partial charge on any atom is 0.257 e. The van der Waals surface area contributed by atoms with E-state index in [-0.39, 0.29) is 0 Å². The van der Waals surface area contributed by atoms with Gasteiger partial charge in [-0.05, 0) is 25.4 Å². The van der Waals surface area contributed by atoms with Crippen LogP contribution in [0.25, 0.3) is 10.8 Å². The molecule has 3 rings (SSSR count). The van der Waals surface area contributed by atoms with Crippen molar-refractivity contribution in [1.29, 1.82) is 0 Å². The van der Waals surface area contributed by atoms with Gasteiger partial charge >= 0.3 is 0 Å². The molecule has 0 N–H and O–H groups in total. The van der Waals surface area contributed by atoms with E-state index in [0.717, 1.165) is 17.1 Å². The van der Waals surface area contributed by atoms with Crippen LogP contribution < -0.4 is 0 Å². The SMILES string of the molecule is Cc1ncsc1CN(C)Cc1nnc(-c2cccs2)o1. The van der Waals surface area contributed by atoms with Gasteiger partial charge in [0.05, 0.1) is 22.6 Å². The van der Waals surface area contributed by atoms with Crippen molar-refractivity contribution in [3.63, 3.8) is 0 Å². The van der Waals surface area contributed by atoms with E-state index < -0.39 is 0 Å². The summed E-state index contributed by atoms with van der Waals surface area (Å²) in [5.41, 5.74) is 2.96. The summed E-state index contributed by atoms with van der Waals surface area (Å²) in [5, 5.41) is 10.2. The van der Waals surface area contributed by atoms with Crippen molar-refractivity contribution in [2.45, 2.75) is 20.0 Å². The van der Waals surface area contributed by atoms with Crippen LogP contribution in [0.4, 0.5) is 0 Å². The fourth-order valence-electron chi connectivity index (χ4n) is 1.83. The third kappa shape index (κ3) is 2.95. The molecule has 0 amide bonds. The number of rotatable bonds is 5. The maximum atomic E-state index is 5.68. The van der Waals surface area contributed by atoms with Crippen molar-refractivity contribution in [2.75, 3.05) is 7.05 Å². The Bertz CT molecular complexity index is 674. The summed E-state index contributed by atoms with van der Waals surface area (Å²) in [4.78, 5) is 8.67. The molecule has 0 fully saturated rings. The van der Waals surface area contributed by atoms with E-state index >= 15 is 0 Å². The third-order valence-corrected chi connectivity index (χ3v) is 4.64. The Morgan fingerprint density at radius 1 is 1.25 bits per heavy atom. The Balaban J connectivity index is 1.65. The van der Waals surface area contributed by atoms with Crippen LogP contribution in [0.3, 0.4) is 0 Å². The molecular formula is C13H14N4OS2. The predicted molar refractivity (Wildman–Crippen MR) is 79.6 cm³/mol. The van der Waals surface area contributed by atoms with Gasteiger partial charge in [0.15, 0.2) is 0 Å². The van der Waals surface area contributed by atoms with Crippen LogP contribution >= 0.6 is 22.7 Å². The highest BCUT2D eigenvalue weighted by Crippen LogP contribution is 2.23. The number of thiazole rings is 1. The van der Waals surface area contributed by atoms with Gasteiger partial charge < -0.3 is 4.42 Å². The van der Waals surface area contributed by atoms with E-state index in [1.54, 1.807) is 22.7 Å². The minimum Gasteiger partial charge on any atom is -0.419 e. The first-order chi connectivity index (χ1) is 9.72. The standard InChI is InChI=1S/C13H14N4OS2/c1-9-11(20-8-14-9)6-17(2)7-12-15-16-13(18-12)10-4-3-5-19-10/h3-5,8H,6-7H2,1-2H3. The van der Waals surface area contributed by atoms with Crippen molar-refractivity contribution >= 4 is 22.7 Å². The Morgan fingerprint density at radius 2 is 2.15 bits per heavy atom. The second kappa shape index (κ2) is 5.82. The summed E-state index contributed by atoms with van der Waals surface area (Å²) in [5.74, 6) is 1.23. The highest BCUT2D eigenvalue weighted by atomic mass is 32.1. The maximum absolute atomic E-state index is 5.68. The van der Waals surface area contributed by atoms with Gasteiger partial charge in [0, 0.05) is 11.4 Å². The lowest BCUT2D eigenvalue weighted by molar-refractivity contribution is 0.284. The Morgan fingerprint density at radius 3 is 2.85 bits per heavy atom. The summed E-state index contributed by atoms with van der Waals surface area (Å²) >= 11 is 3.27. The lowest BCUT2D eigenvalue weighted by atomic mass is 10.3. The average molecular weight is 306 g/mol. The molecule has 20 heavy (non-hydrogen) atoms. The van der Waals surface area contributed by atoms with Crippen molar-refractivity contribution in [1.82, 2.24) is 20.1 Å². The molecule has 3 heterocycles.